The van der Waals surface area contributed by atoms with E-state index in [0.29, 0.717) is 17.3 Å². The summed E-state index contributed by atoms with van der Waals surface area (Å²) in [5.74, 6) is 1.05. The highest BCUT2D eigenvalue weighted by molar-refractivity contribution is 5.64. The Balaban J connectivity index is 2.23. The van der Waals surface area contributed by atoms with Crippen LogP contribution in [0.1, 0.15) is 11.3 Å². The monoisotopic (exact) mass is 268 g/mol. The molecule has 1 N–H and O–H groups in total. The Morgan fingerprint density at radius 3 is 2.45 bits per heavy atom. The van der Waals surface area contributed by atoms with E-state index >= 15 is 0 Å². The van der Waals surface area contributed by atoms with Crippen molar-refractivity contribution in [1.29, 1.82) is 0 Å². The van der Waals surface area contributed by atoms with Crippen molar-refractivity contribution in [2.24, 2.45) is 0 Å². The van der Waals surface area contributed by atoms with E-state index in [1.165, 1.54) is 18.3 Å². The zero-order valence-corrected chi connectivity index (χ0v) is 10.6. The number of nitrogens with zero attached hydrogens (tertiary/aromatic N) is 3. The average Bonchev–Trinajstić information content (AvgIpc) is 2.47. The van der Waals surface area contributed by atoms with Crippen LogP contribution in [0, 0.1) is 10.1 Å². The highest BCUT2D eigenvalue weighted by Crippen LogP contribution is 2.18. The van der Waals surface area contributed by atoms with Gasteiger partial charge in [0, 0.05) is 6.07 Å². The van der Waals surface area contributed by atoms with Crippen LogP contribution in [0.3, 0.4) is 0 Å². The van der Waals surface area contributed by atoms with E-state index in [4.69, 9.17) is 0 Å². The van der Waals surface area contributed by atoms with Crippen LogP contribution in [0.4, 0.5) is 17.3 Å². The predicted molar refractivity (Wildman–Crippen MR) is 78.6 cm³/mol. The first kappa shape index (κ1) is 13.4. The number of aromatic nitrogens is 2. The molecular formula is C14H12N4O2. The fraction of sp³-hybridized carbons (Fsp3) is 0. The molecule has 6 heteroatoms. The molecule has 2 heterocycles. The minimum absolute atomic E-state index is 0.0581. The van der Waals surface area contributed by atoms with E-state index in [9.17, 15) is 10.1 Å². The van der Waals surface area contributed by atoms with Crippen molar-refractivity contribution in [3.63, 3.8) is 0 Å². The number of anilines is 2. The average molecular weight is 268 g/mol. The zero-order chi connectivity index (χ0) is 14.5. The third-order valence-corrected chi connectivity index (χ3v) is 2.59. The second-order valence-corrected chi connectivity index (χ2v) is 3.86. The van der Waals surface area contributed by atoms with E-state index in [1.807, 2.05) is 6.07 Å². The molecule has 0 amide bonds. The molecule has 0 aliphatic rings. The molecule has 2 aromatic heterocycles. The molecule has 0 bridgehead atoms. The van der Waals surface area contributed by atoms with Gasteiger partial charge in [0.1, 0.15) is 17.8 Å². The van der Waals surface area contributed by atoms with Crippen LogP contribution in [-0.4, -0.2) is 14.9 Å². The van der Waals surface area contributed by atoms with Gasteiger partial charge in [0.05, 0.1) is 10.6 Å². The normalized spacial score (nSPS) is 9.80. The van der Waals surface area contributed by atoms with Gasteiger partial charge >= 0.3 is 0 Å². The van der Waals surface area contributed by atoms with Crippen molar-refractivity contribution in [2.45, 2.75) is 0 Å². The highest BCUT2D eigenvalue weighted by atomic mass is 16.6. The molecule has 0 aliphatic heterocycles. The largest absolute Gasteiger partial charge is 0.325 e. The molecule has 0 atom stereocenters. The number of hydrogen-bond acceptors (Lipinski definition) is 5. The summed E-state index contributed by atoms with van der Waals surface area (Å²) < 4.78 is 0. The summed E-state index contributed by atoms with van der Waals surface area (Å²) in [6, 6.07) is 6.52. The standard InChI is InChI=1S/C14H12N4O2/c1-3-10-5-7-14(16-12(10)4-2)17-13-8-6-11(9-15-13)18(19)20/h3-9H,1-2H2,(H,15,16,17). The Morgan fingerprint density at radius 2 is 1.90 bits per heavy atom. The van der Waals surface area contributed by atoms with Crippen LogP contribution in [0.5, 0.6) is 0 Å². The summed E-state index contributed by atoms with van der Waals surface area (Å²) in [6.07, 6.45) is 4.51. The van der Waals surface area contributed by atoms with E-state index in [0.717, 1.165) is 5.56 Å². The van der Waals surface area contributed by atoms with Crippen molar-refractivity contribution in [1.82, 2.24) is 9.97 Å². The summed E-state index contributed by atoms with van der Waals surface area (Å²) in [4.78, 5) is 18.3. The number of pyridine rings is 2. The van der Waals surface area contributed by atoms with Gasteiger partial charge in [-0.1, -0.05) is 19.2 Å². The summed E-state index contributed by atoms with van der Waals surface area (Å²) in [5.41, 5.74) is 1.52. The lowest BCUT2D eigenvalue weighted by Crippen LogP contribution is -1.98. The summed E-state index contributed by atoms with van der Waals surface area (Å²) in [5, 5.41) is 13.5. The van der Waals surface area contributed by atoms with E-state index in [1.54, 1.807) is 18.2 Å². The van der Waals surface area contributed by atoms with Gasteiger partial charge in [-0.2, -0.15) is 0 Å². The second kappa shape index (κ2) is 5.75. The fourth-order valence-electron chi connectivity index (χ4n) is 1.59. The lowest BCUT2D eigenvalue weighted by molar-refractivity contribution is -0.385. The molecule has 6 nitrogen and oxygen atoms in total. The zero-order valence-electron chi connectivity index (χ0n) is 10.6. The van der Waals surface area contributed by atoms with E-state index in [-0.39, 0.29) is 5.69 Å². The Bertz CT molecular complexity index is 665. The van der Waals surface area contributed by atoms with Gasteiger partial charge < -0.3 is 5.32 Å². The van der Waals surface area contributed by atoms with Gasteiger partial charge in [-0.15, -0.1) is 0 Å². The maximum Gasteiger partial charge on any atom is 0.287 e. The first-order valence-corrected chi connectivity index (χ1v) is 5.77. The lowest BCUT2D eigenvalue weighted by atomic mass is 10.2. The Labute approximate surface area is 115 Å². The third kappa shape index (κ3) is 2.86. The number of rotatable bonds is 5. The Hall–Kier alpha value is -3.02. The SMILES string of the molecule is C=Cc1ccc(Nc2ccc([N+](=O)[O-])cn2)nc1C=C. The van der Waals surface area contributed by atoms with Crippen molar-refractivity contribution in [2.75, 3.05) is 5.32 Å². The number of nitro groups is 1. The maximum atomic E-state index is 10.5. The topological polar surface area (TPSA) is 81.0 Å². The molecule has 2 aromatic rings. The second-order valence-electron chi connectivity index (χ2n) is 3.86. The quantitative estimate of drug-likeness (QED) is 0.663. The van der Waals surface area contributed by atoms with Crippen molar-refractivity contribution in [3.05, 3.63) is 65.0 Å². The minimum atomic E-state index is -0.496. The molecule has 0 aliphatic carbocycles. The molecule has 0 unspecified atom stereocenters. The first-order chi connectivity index (χ1) is 9.63. The van der Waals surface area contributed by atoms with Crippen LogP contribution in [-0.2, 0) is 0 Å². The van der Waals surface area contributed by atoms with E-state index in [2.05, 4.69) is 28.4 Å². The molecule has 2 rings (SSSR count). The predicted octanol–water partition coefficient (Wildman–Crippen LogP) is 3.41. The van der Waals surface area contributed by atoms with Crippen LogP contribution < -0.4 is 5.32 Å². The van der Waals surface area contributed by atoms with Crippen LogP contribution in [0.25, 0.3) is 12.2 Å². The molecule has 0 saturated heterocycles. The van der Waals surface area contributed by atoms with Crippen molar-refractivity contribution >= 4 is 29.5 Å². The van der Waals surface area contributed by atoms with Crippen LogP contribution >= 0.6 is 0 Å². The van der Waals surface area contributed by atoms with Gasteiger partial charge in [0.25, 0.3) is 5.69 Å². The van der Waals surface area contributed by atoms with Crippen LogP contribution in [0.2, 0.25) is 0 Å². The molecule has 20 heavy (non-hydrogen) atoms. The summed E-state index contributed by atoms with van der Waals surface area (Å²) >= 11 is 0. The Kier molecular flexibility index (Phi) is 3.85. The van der Waals surface area contributed by atoms with Gasteiger partial charge in [0.2, 0.25) is 0 Å². The van der Waals surface area contributed by atoms with Gasteiger partial charge in [-0.3, -0.25) is 10.1 Å². The minimum Gasteiger partial charge on any atom is -0.325 e. The molecule has 0 saturated carbocycles. The molecule has 0 spiro atoms. The fourth-order valence-corrected chi connectivity index (χ4v) is 1.59. The molecule has 0 fully saturated rings. The summed E-state index contributed by atoms with van der Waals surface area (Å²) in [7, 11) is 0. The van der Waals surface area contributed by atoms with E-state index < -0.39 is 4.92 Å². The van der Waals surface area contributed by atoms with Crippen molar-refractivity contribution < 1.29 is 4.92 Å². The molecular weight excluding hydrogens is 256 g/mol. The maximum absolute atomic E-state index is 10.5. The van der Waals surface area contributed by atoms with Crippen molar-refractivity contribution in [3.8, 4) is 0 Å². The summed E-state index contributed by atoms with van der Waals surface area (Å²) in [6.45, 7) is 7.39. The third-order valence-electron chi connectivity index (χ3n) is 2.59. The highest BCUT2D eigenvalue weighted by Gasteiger charge is 2.06. The number of nitrogens with one attached hydrogen (secondary N) is 1. The van der Waals surface area contributed by atoms with Crippen LogP contribution in [0.15, 0.2) is 43.6 Å². The first-order valence-electron chi connectivity index (χ1n) is 5.77. The molecule has 0 radical (unpaired) electrons. The lowest BCUT2D eigenvalue weighted by Gasteiger charge is -2.07. The van der Waals surface area contributed by atoms with Gasteiger partial charge in [-0.05, 0) is 29.8 Å². The van der Waals surface area contributed by atoms with Gasteiger partial charge in [0.15, 0.2) is 0 Å². The Morgan fingerprint density at radius 1 is 1.15 bits per heavy atom. The number of hydrogen-bond donors (Lipinski definition) is 1. The smallest absolute Gasteiger partial charge is 0.287 e. The molecule has 100 valence electrons. The molecule has 0 aromatic carbocycles. The van der Waals surface area contributed by atoms with Gasteiger partial charge in [-0.25, -0.2) is 9.97 Å².